The Balaban J connectivity index is 1.21. The number of benzene rings is 7. The van der Waals surface area contributed by atoms with Crippen molar-refractivity contribution in [2.75, 3.05) is 0 Å². The number of pyridine rings is 4. The fraction of sp³-hybridized carbons (Fsp3) is 0. The van der Waals surface area contributed by atoms with Gasteiger partial charge in [0.1, 0.15) is 0 Å². The lowest BCUT2D eigenvalue weighted by molar-refractivity contribution is 1.38. The Morgan fingerprint density at radius 2 is 0.788 bits per heavy atom. The summed E-state index contributed by atoms with van der Waals surface area (Å²) in [5, 5.41) is 9.96. The lowest BCUT2D eigenvalue weighted by Gasteiger charge is -2.18. The Kier molecular flexibility index (Phi) is 6.22. The quantitative estimate of drug-likeness (QED) is 0.140. The molecule has 0 unspecified atom stereocenters. The minimum absolute atomic E-state index is 0.894. The molecule has 0 aliphatic heterocycles. The molecule has 7 aromatic carbocycles. The third-order valence-electron chi connectivity index (χ3n) is 10.4. The van der Waals surface area contributed by atoms with Crippen molar-refractivity contribution in [3.8, 4) is 33.6 Å². The molecule has 240 valence electrons. The van der Waals surface area contributed by atoms with Crippen LogP contribution < -0.4 is 0 Å². The first-order valence-electron chi connectivity index (χ1n) is 17.6. The number of nitrogens with zero attached hydrogens (tertiary/aromatic N) is 4. The maximum absolute atomic E-state index is 5.51. The van der Waals surface area contributed by atoms with Gasteiger partial charge in [0, 0.05) is 49.8 Å². The third-order valence-corrected chi connectivity index (χ3v) is 10.4. The lowest BCUT2D eigenvalue weighted by Crippen LogP contribution is -1.96. The highest BCUT2D eigenvalue weighted by Crippen LogP contribution is 2.44. The highest BCUT2D eigenvalue weighted by Gasteiger charge is 2.20. The van der Waals surface area contributed by atoms with Crippen LogP contribution in [-0.2, 0) is 0 Å². The maximum atomic E-state index is 5.51. The SMILES string of the molecule is c1ccc(-c2c3ccccc3nc3c2ccc2ccc(-c4c5ccccc5c(-c5ccc6ccc7cccnc7c6n5)c5ccccc45)nc23)cc1. The van der Waals surface area contributed by atoms with Crippen LogP contribution in [0.1, 0.15) is 0 Å². The van der Waals surface area contributed by atoms with E-state index in [0.717, 1.165) is 98.6 Å². The van der Waals surface area contributed by atoms with Crippen LogP contribution in [0.2, 0.25) is 0 Å². The number of fused-ring (bicyclic) bond motifs is 9. The van der Waals surface area contributed by atoms with E-state index in [1.165, 1.54) is 11.1 Å². The molecular formula is C48H28N4. The summed E-state index contributed by atoms with van der Waals surface area (Å²) in [6.45, 7) is 0. The smallest absolute Gasteiger partial charge is 0.0978 e. The zero-order chi connectivity index (χ0) is 34.2. The van der Waals surface area contributed by atoms with Gasteiger partial charge < -0.3 is 0 Å². The Hall–Kier alpha value is -7.04. The molecule has 4 aromatic heterocycles. The van der Waals surface area contributed by atoms with E-state index >= 15 is 0 Å². The van der Waals surface area contributed by atoms with Crippen LogP contribution in [0.5, 0.6) is 0 Å². The van der Waals surface area contributed by atoms with Crippen molar-refractivity contribution in [3.05, 3.63) is 170 Å². The minimum atomic E-state index is 0.894. The summed E-state index contributed by atoms with van der Waals surface area (Å²) in [6.07, 6.45) is 1.84. The molecule has 0 spiro atoms. The summed E-state index contributed by atoms with van der Waals surface area (Å²) in [4.78, 5) is 20.8. The average molecular weight is 661 g/mol. The maximum Gasteiger partial charge on any atom is 0.0978 e. The Bertz CT molecular complexity index is 3190. The molecular weight excluding hydrogens is 633 g/mol. The molecule has 0 fully saturated rings. The minimum Gasteiger partial charge on any atom is -0.254 e. The molecule has 0 saturated carbocycles. The van der Waals surface area contributed by atoms with E-state index in [2.05, 4.69) is 158 Å². The molecule has 0 N–H and O–H groups in total. The summed E-state index contributed by atoms with van der Waals surface area (Å²) in [7, 11) is 0. The topological polar surface area (TPSA) is 51.6 Å². The predicted octanol–water partition coefficient (Wildman–Crippen LogP) is 12.3. The Labute approximate surface area is 298 Å². The van der Waals surface area contributed by atoms with Crippen molar-refractivity contribution >= 4 is 76.1 Å². The summed E-state index contributed by atoms with van der Waals surface area (Å²) in [6, 6.07) is 57.7. The van der Waals surface area contributed by atoms with Gasteiger partial charge in [-0.15, -0.1) is 0 Å². The fourth-order valence-electron chi connectivity index (χ4n) is 8.14. The average Bonchev–Trinajstić information content (AvgIpc) is 3.21. The van der Waals surface area contributed by atoms with Crippen molar-refractivity contribution < 1.29 is 0 Å². The van der Waals surface area contributed by atoms with Gasteiger partial charge in [-0.1, -0.05) is 140 Å². The molecule has 0 radical (unpaired) electrons. The van der Waals surface area contributed by atoms with E-state index in [-0.39, 0.29) is 0 Å². The van der Waals surface area contributed by atoms with Gasteiger partial charge in [-0.25, -0.2) is 15.0 Å². The van der Waals surface area contributed by atoms with Gasteiger partial charge in [-0.2, -0.15) is 0 Å². The molecule has 4 nitrogen and oxygen atoms in total. The normalized spacial score (nSPS) is 11.8. The highest BCUT2D eigenvalue weighted by molar-refractivity contribution is 6.22. The molecule has 11 aromatic rings. The number of hydrogen-bond donors (Lipinski definition) is 0. The van der Waals surface area contributed by atoms with Crippen molar-refractivity contribution in [1.82, 2.24) is 19.9 Å². The molecule has 0 aliphatic rings. The van der Waals surface area contributed by atoms with Gasteiger partial charge in [0.15, 0.2) is 0 Å². The van der Waals surface area contributed by atoms with Crippen LogP contribution >= 0.6 is 0 Å². The van der Waals surface area contributed by atoms with Crippen LogP contribution in [-0.4, -0.2) is 19.9 Å². The number of aromatic nitrogens is 4. The second-order valence-electron chi connectivity index (χ2n) is 13.3. The molecule has 52 heavy (non-hydrogen) atoms. The number of para-hydroxylation sites is 1. The van der Waals surface area contributed by atoms with Crippen molar-refractivity contribution in [2.45, 2.75) is 0 Å². The Morgan fingerprint density at radius 1 is 0.288 bits per heavy atom. The van der Waals surface area contributed by atoms with Crippen molar-refractivity contribution in [2.24, 2.45) is 0 Å². The summed E-state index contributed by atoms with van der Waals surface area (Å²) < 4.78 is 0. The monoisotopic (exact) mass is 660 g/mol. The van der Waals surface area contributed by atoms with Crippen LogP contribution in [0.25, 0.3) is 110 Å². The van der Waals surface area contributed by atoms with E-state index in [0.29, 0.717) is 0 Å². The van der Waals surface area contributed by atoms with Gasteiger partial charge in [0.25, 0.3) is 0 Å². The molecule has 0 atom stereocenters. The van der Waals surface area contributed by atoms with Gasteiger partial charge in [0.2, 0.25) is 0 Å². The van der Waals surface area contributed by atoms with Crippen molar-refractivity contribution in [3.63, 3.8) is 0 Å². The van der Waals surface area contributed by atoms with Crippen LogP contribution in [0.3, 0.4) is 0 Å². The largest absolute Gasteiger partial charge is 0.254 e. The zero-order valence-corrected chi connectivity index (χ0v) is 28.0. The number of hydrogen-bond acceptors (Lipinski definition) is 4. The first kappa shape index (κ1) is 28.8. The van der Waals surface area contributed by atoms with Crippen molar-refractivity contribution in [1.29, 1.82) is 0 Å². The highest BCUT2D eigenvalue weighted by atomic mass is 14.8. The van der Waals surface area contributed by atoms with Crippen LogP contribution in [0, 0.1) is 0 Å². The van der Waals surface area contributed by atoms with Crippen LogP contribution in [0.4, 0.5) is 0 Å². The van der Waals surface area contributed by atoms with E-state index in [9.17, 15) is 0 Å². The van der Waals surface area contributed by atoms with E-state index in [1.54, 1.807) is 0 Å². The first-order valence-corrected chi connectivity index (χ1v) is 17.6. The molecule has 0 aliphatic carbocycles. The van der Waals surface area contributed by atoms with Gasteiger partial charge in [-0.05, 0) is 51.4 Å². The lowest BCUT2D eigenvalue weighted by atomic mass is 9.88. The second kappa shape index (κ2) is 11.2. The van der Waals surface area contributed by atoms with E-state index in [1.807, 2.05) is 12.3 Å². The standard InChI is InChI=1S/C48H28N4/c1-2-11-29(12-3-1)42-37-18-8-9-19-39(37)50-48-38(42)25-22-32-24-27-41(52-47(32)48)44-35-16-6-4-14-33(35)43(34-15-5-7-17-36(34)44)40-26-23-31-21-20-30-13-10-28-49-45(30)46(31)51-40/h1-28H. The second-order valence-corrected chi connectivity index (χ2v) is 13.3. The summed E-state index contributed by atoms with van der Waals surface area (Å²) in [5.41, 5.74) is 11.0. The fourth-order valence-corrected chi connectivity index (χ4v) is 8.14. The zero-order valence-electron chi connectivity index (χ0n) is 28.0. The molecule has 0 bridgehead atoms. The number of rotatable bonds is 3. The molecule has 4 heteroatoms. The van der Waals surface area contributed by atoms with Gasteiger partial charge in [-0.3, -0.25) is 4.98 Å². The van der Waals surface area contributed by atoms with E-state index in [4.69, 9.17) is 19.9 Å². The first-order chi connectivity index (χ1) is 25.8. The van der Waals surface area contributed by atoms with E-state index < -0.39 is 0 Å². The summed E-state index contributed by atoms with van der Waals surface area (Å²) in [5.74, 6) is 0. The summed E-state index contributed by atoms with van der Waals surface area (Å²) >= 11 is 0. The molecule has 4 heterocycles. The molecule has 0 amide bonds. The Morgan fingerprint density at radius 3 is 1.42 bits per heavy atom. The predicted molar refractivity (Wildman–Crippen MR) is 216 cm³/mol. The molecule has 0 saturated heterocycles. The third kappa shape index (κ3) is 4.28. The van der Waals surface area contributed by atoms with Gasteiger partial charge in [0.05, 0.1) is 39.0 Å². The molecule has 11 rings (SSSR count). The van der Waals surface area contributed by atoms with Crippen LogP contribution in [0.15, 0.2) is 170 Å². The van der Waals surface area contributed by atoms with Gasteiger partial charge >= 0.3 is 0 Å².